The molecule has 1 atom stereocenters. The summed E-state index contributed by atoms with van der Waals surface area (Å²) in [6.07, 6.45) is 4.65. The van der Waals surface area contributed by atoms with Gasteiger partial charge in [-0.3, -0.25) is 0 Å². The van der Waals surface area contributed by atoms with Gasteiger partial charge in [-0.05, 0) is 30.5 Å². The second-order valence-electron chi connectivity index (χ2n) is 4.30. The first-order valence-electron chi connectivity index (χ1n) is 6.25. The first-order valence-corrected chi connectivity index (χ1v) is 7.04. The summed E-state index contributed by atoms with van der Waals surface area (Å²) >= 11 is 3.23. The molecule has 0 fully saturated rings. The highest BCUT2D eigenvalue weighted by Crippen LogP contribution is 2.23. The van der Waals surface area contributed by atoms with Crippen LogP contribution in [0.4, 0.5) is 4.39 Å². The molecule has 0 heterocycles. The Morgan fingerprint density at radius 2 is 2.12 bits per heavy atom. The van der Waals surface area contributed by atoms with Crippen molar-refractivity contribution in [3.8, 4) is 5.75 Å². The van der Waals surface area contributed by atoms with Gasteiger partial charge in [-0.2, -0.15) is 0 Å². The molecule has 0 bridgehead atoms. The molecule has 1 unspecified atom stereocenters. The van der Waals surface area contributed by atoms with E-state index in [1.54, 1.807) is 12.1 Å². The molecule has 0 radical (unpaired) electrons. The fourth-order valence-corrected chi connectivity index (χ4v) is 2.03. The Morgan fingerprint density at radius 1 is 1.35 bits per heavy atom. The Morgan fingerprint density at radius 3 is 2.71 bits per heavy atom. The molecule has 3 heteroatoms. The molecule has 0 N–H and O–H groups in total. The molecular formula is C14H20BrFO. The zero-order chi connectivity index (χ0) is 12.7. The number of rotatable bonds is 7. The first-order chi connectivity index (χ1) is 8.17. The molecule has 1 rings (SSSR count). The van der Waals surface area contributed by atoms with Gasteiger partial charge in [-0.25, -0.2) is 4.39 Å². The van der Waals surface area contributed by atoms with Gasteiger partial charge < -0.3 is 4.74 Å². The van der Waals surface area contributed by atoms with Crippen molar-refractivity contribution >= 4 is 15.9 Å². The van der Waals surface area contributed by atoms with E-state index in [0.717, 1.165) is 17.3 Å². The lowest BCUT2D eigenvalue weighted by molar-refractivity contribution is 0.225. The minimum Gasteiger partial charge on any atom is -0.490 e. The van der Waals surface area contributed by atoms with Crippen molar-refractivity contribution < 1.29 is 9.13 Å². The van der Waals surface area contributed by atoms with Gasteiger partial charge in [0.15, 0.2) is 11.6 Å². The van der Waals surface area contributed by atoms with Crippen molar-refractivity contribution in [2.24, 2.45) is 5.92 Å². The van der Waals surface area contributed by atoms with Gasteiger partial charge in [0, 0.05) is 4.47 Å². The molecule has 1 nitrogen and oxygen atoms in total. The SMILES string of the molecule is CCCCC(CC)COc1ccc(Br)cc1F. The van der Waals surface area contributed by atoms with Crippen LogP contribution in [0, 0.1) is 11.7 Å². The van der Waals surface area contributed by atoms with Gasteiger partial charge in [-0.1, -0.05) is 49.0 Å². The normalized spacial score (nSPS) is 12.5. The summed E-state index contributed by atoms with van der Waals surface area (Å²) in [4.78, 5) is 0. The fourth-order valence-electron chi connectivity index (χ4n) is 1.70. The van der Waals surface area contributed by atoms with Crippen LogP contribution in [0.3, 0.4) is 0 Å². The van der Waals surface area contributed by atoms with E-state index in [2.05, 4.69) is 29.8 Å². The molecule has 1 aromatic carbocycles. The van der Waals surface area contributed by atoms with Crippen LogP contribution in [0.1, 0.15) is 39.5 Å². The standard InChI is InChI=1S/C14H20BrFO/c1-3-5-6-11(4-2)10-17-14-8-7-12(15)9-13(14)16/h7-9,11H,3-6,10H2,1-2H3. The van der Waals surface area contributed by atoms with Crippen molar-refractivity contribution in [2.75, 3.05) is 6.61 Å². The summed E-state index contributed by atoms with van der Waals surface area (Å²) in [7, 11) is 0. The van der Waals surface area contributed by atoms with E-state index in [-0.39, 0.29) is 5.82 Å². The third-order valence-corrected chi connectivity index (χ3v) is 3.40. The van der Waals surface area contributed by atoms with Gasteiger partial charge in [0.05, 0.1) is 6.61 Å². The van der Waals surface area contributed by atoms with Crippen molar-refractivity contribution in [1.29, 1.82) is 0 Å². The Balaban J connectivity index is 2.47. The topological polar surface area (TPSA) is 9.23 Å². The zero-order valence-corrected chi connectivity index (χ0v) is 12.1. The van der Waals surface area contributed by atoms with Crippen LogP contribution in [-0.2, 0) is 0 Å². The maximum absolute atomic E-state index is 13.5. The monoisotopic (exact) mass is 302 g/mol. The summed E-state index contributed by atoms with van der Waals surface area (Å²) < 4.78 is 19.8. The van der Waals surface area contributed by atoms with Crippen LogP contribution < -0.4 is 4.74 Å². The second kappa shape index (κ2) is 7.70. The Labute approximate surface area is 111 Å². The van der Waals surface area contributed by atoms with E-state index in [9.17, 15) is 4.39 Å². The molecule has 0 aliphatic rings. The minimum absolute atomic E-state index is 0.301. The van der Waals surface area contributed by atoms with Crippen LogP contribution >= 0.6 is 15.9 Å². The molecule has 0 aromatic heterocycles. The van der Waals surface area contributed by atoms with Gasteiger partial charge in [0.2, 0.25) is 0 Å². The molecule has 0 aliphatic heterocycles. The molecule has 0 aliphatic carbocycles. The fraction of sp³-hybridized carbons (Fsp3) is 0.571. The van der Waals surface area contributed by atoms with Crippen LogP contribution in [0.25, 0.3) is 0 Å². The average Bonchev–Trinajstić information content (AvgIpc) is 2.31. The Bertz CT molecular complexity index is 341. The summed E-state index contributed by atoms with van der Waals surface area (Å²) in [5.74, 6) is 0.575. The molecule has 1 aromatic rings. The summed E-state index contributed by atoms with van der Waals surface area (Å²) in [5, 5.41) is 0. The minimum atomic E-state index is -0.301. The lowest BCUT2D eigenvalue weighted by atomic mass is 10.0. The highest BCUT2D eigenvalue weighted by molar-refractivity contribution is 9.10. The maximum atomic E-state index is 13.5. The van der Waals surface area contributed by atoms with Crippen molar-refractivity contribution in [3.05, 3.63) is 28.5 Å². The summed E-state index contributed by atoms with van der Waals surface area (Å²) in [6.45, 7) is 4.94. The molecule has 17 heavy (non-hydrogen) atoms. The van der Waals surface area contributed by atoms with Gasteiger partial charge in [0.25, 0.3) is 0 Å². The first kappa shape index (κ1) is 14.5. The summed E-state index contributed by atoms with van der Waals surface area (Å²) in [5.41, 5.74) is 0. The highest BCUT2D eigenvalue weighted by atomic mass is 79.9. The third kappa shape index (κ3) is 5.07. The van der Waals surface area contributed by atoms with Gasteiger partial charge in [-0.15, -0.1) is 0 Å². The quantitative estimate of drug-likeness (QED) is 0.674. The predicted molar refractivity (Wildman–Crippen MR) is 72.9 cm³/mol. The highest BCUT2D eigenvalue weighted by Gasteiger charge is 2.09. The maximum Gasteiger partial charge on any atom is 0.166 e. The van der Waals surface area contributed by atoms with Crippen molar-refractivity contribution in [3.63, 3.8) is 0 Å². The van der Waals surface area contributed by atoms with Crippen LogP contribution in [0.2, 0.25) is 0 Å². The van der Waals surface area contributed by atoms with Gasteiger partial charge >= 0.3 is 0 Å². The smallest absolute Gasteiger partial charge is 0.166 e. The number of hydrogen-bond acceptors (Lipinski definition) is 1. The third-order valence-electron chi connectivity index (χ3n) is 2.91. The number of ether oxygens (including phenoxy) is 1. The van der Waals surface area contributed by atoms with E-state index in [4.69, 9.17) is 4.74 Å². The van der Waals surface area contributed by atoms with E-state index in [0.29, 0.717) is 18.3 Å². The molecular weight excluding hydrogens is 283 g/mol. The largest absolute Gasteiger partial charge is 0.490 e. The summed E-state index contributed by atoms with van der Waals surface area (Å²) in [6, 6.07) is 4.90. The molecule has 0 saturated heterocycles. The predicted octanol–water partition coefficient (Wildman–Crippen LogP) is 5.18. The van der Waals surface area contributed by atoms with E-state index in [1.807, 2.05) is 0 Å². The van der Waals surface area contributed by atoms with Crippen LogP contribution in [-0.4, -0.2) is 6.61 Å². The van der Waals surface area contributed by atoms with Crippen LogP contribution in [0.15, 0.2) is 22.7 Å². The second-order valence-corrected chi connectivity index (χ2v) is 5.22. The molecule has 0 saturated carbocycles. The van der Waals surface area contributed by atoms with Crippen molar-refractivity contribution in [1.82, 2.24) is 0 Å². The van der Waals surface area contributed by atoms with Crippen LogP contribution in [0.5, 0.6) is 5.75 Å². The van der Waals surface area contributed by atoms with Crippen molar-refractivity contribution in [2.45, 2.75) is 39.5 Å². The van der Waals surface area contributed by atoms with Gasteiger partial charge in [0.1, 0.15) is 0 Å². The number of hydrogen-bond donors (Lipinski definition) is 0. The Hall–Kier alpha value is -0.570. The molecule has 0 amide bonds. The molecule has 96 valence electrons. The number of benzene rings is 1. The Kier molecular flexibility index (Phi) is 6.56. The average molecular weight is 303 g/mol. The number of halogens is 2. The lowest BCUT2D eigenvalue weighted by Gasteiger charge is -2.15. The lowest BCUT2D eigenvalue weighted by Crippen LogP contribution is -2.11. The van der Waals surface area contributed by atoms with E-state index < -0.39 is 0 Å². The zero-order valence-electron chi connectivity index (χ0n) is 10.5. The van der Waals surface area contributed by atoms with E-state index >= 15 is 0 Å². The number of unbranched alkanes of at least 4 members (excludes halogenated alkanes) is 1. The van der Waals surface area contributed by atoms with E-state index in [1.165, 1.54) is 18.9 Å². The molecule has 0 spiro atoms.